The van der Waals surface area contributed by atoms with Crippen LogP contribution < -0.4 is 0 Å². The standard InChI is InChI=1S/C87H54N8/c1-3-22-55(23-4-1)85-88-86(58-24-21-27-61(50-58)92-73-35-14-7-28-63(73)64-29-8-15-36-74(64)92)90-87(89-85)59-44-48-82(94-77-39-18-9-30-65(77)66-31-10-19-40-78(66)94)84(53-59)95-79-41-20-11-32-67(79)70-46-42-57(52-83(70)95)56-43-47-80-71(51-56)68-33-12-17-38-76(68)93(80)62-45-49-81-72(54-62)69-34-13-16-37-75(69)91(81)60-25-5-2-6-26-60/h1-54H. The molecule has 442 valence electrons. The van der Waals surface area contributed by atoms with Crippen molar-refractivity contribution >= 4 is 109 Å². The molecule has 0 radical (unpaired) electrons. The summed E-state index contributed by atoms with van der Waals surface area (Å²) in [6.07, 6.45) is 0. The highest BCUT2D eigenvalue weighted by Gasteiger charge is 2.24. The Labute approximate surface area is 545 Å². The van der Waals surface area contributed by atoms with Gasteiger partial charge in [-0.25, -0.2) is 15.0 Å². The Morgan fingerprint density at radius 2 is 0.495 bits per heavy atom. The molecule has 0 bridgehead atoms. The van der Waals surface area contributed by atoms with E-state index in [9.17, 15) is 0 Å². The van der Waals surface area contributed by atoms with E-state index in [1.54, 1.807) is 0 Å². The van der Waals surface area contributed by atoms with Crippen molar-refractivity contribution in [2.24, 2.45) is 0 Å². The Bertz CT molecular complexity index is 6430. The van der Waals surface area contributed by atoms with Gasteiger partial charge in [-0.15, -0.1) is 0 Å². The molecule has 20 rings (SSSR count). The summed E-state index contributed by atoms with van der Waals surface area (Å²) in [5.41, 5.74) is 21.5. The maximum absolute atomic E-state index is 5.49. The summed E-state index contributed by atoms with van der Waals surface area (Å²) in [6, 6.07) is 119. The van der Waals surface area contributed by atoms with Gasteiger partial charge in [-0.3, -0.25) is 0 Å². The zero-order valence-corrected chi connectivity index (χ0v) is 51.3. The fourth-order valence-electron chi connectivity index (χ4n) is 15.3. The lowest BCUT2D eigenvalue weighted by atomic mass is 10.0. The van der Waals surface area contributed by atoms with Gasteiger partial charge in [0.2, 0.25) is 0 Å². The molecule has 0 saturated heterocycles. The molecule has 8 nitrogen and oxygen atoms in total. The molecular weight excluding hydrogens is 1160 g/mol. The number of fused-ring (bicyclic) bond motifs is 15. The van der Waals surface area contributed by atoms with Gasteiger partial charge in [-0.05, 0) is 132 Å². The molecule has 0 aliphatic heterocycles. The predicted molar refractivity (Wildman–Crippen MR) is 393 cm³/mol. The topological polar surface area (TPSA) is 63.3 Å². The molecule has 0 N–H and O–H groups in total. The van der Waals surface area contributed by atoms with Crippen molar-refractivity contribution in [3.63, 3.8) is 0 Å². The lowest BCUT2D eigenvalue weighted by molar-refractivity contribution is 1.06. The number of nitrogens with zero attached hydrogens (tertiary/aromatic N) is 8. The van der Waals surface area contributed by atoms with Crippen molar-refractivity contribution in [3.05, 3.63) is 328 Å². The van der Waals surface area contributed by atoms with E-state index in [1.807, 2.05) is 18.2 Å². The molecule has 0 spiro atoms. The maximum atomic E-state index is 5.49. The summed E-state index contributed by atoms with van der Waals surface area (Å²) >= 11 is 0. The average molecular weight is 1210 g/mol. The van der Waals surface area contributed by atoms with E-state index in [1.165, 1.54) is 54.1 Å². The lowest BCUT2D eigenvalue weighted by Crippen LogP contribution is -2.05. The van der Waals surface area contributed by atoms with Gasteiger partial charge in [-0.1, -0.05) is 206 Å². The highest BCUT2D eigenvalue weighted by atomic mass is 15.1. The quantitative estimate of drug-likeness (QED) is 0.145. The van der Waals surface area contributed by atoms with Gasteiger partial charge in [0.25, 0.3) is 0 Å². The number of para-hydroxylation sites is 8. The Kier molecular flexibility index (Phi) is 11.6. The number of benzene rings is 14. The summed E-state index contributed by atoms with van der Waals surface area (Å²) in [4.78, 5) is 16.2. The van der Waals surface area contributed by atoms with E-state index >= 15 is 0 Å². The summed E-state index contributed by atoms with van der Waals surface area (Å²) in [5, 5.41) is 11.9. The van der Waals surface area contributed by atoms with Crippen molar-refractivity contribution in [1.82, 2.24) is 37.8 Å². The van der Waals surface area contributed by atoms with E-state index in [0.29, 0.717) is 17.5 Å². The predicted octanol–water partition coefficient (Wildman–Crippen LogP) is 22.0. The molecule has 0 unspecified atom stereocenters. The Morgan fingerprint density at radius 3 is 1.03 bits per heavy atom. The van der Waals surface area contributed by atoms with Crippen molar-refractivity contribution in [3.8, 4) is 73.7 Å². The third-order valence-corrected chi connectivity index (χ3v) is 19.5. The number of rotatable bonds is 9. The first-order chi connectivity index (χ1) is 47.1. The van der Waals surface area contributed by atoms with Crippen LogP contribution in [0.15, 0.2) is 328 Å². The third-order valence-electron chi connectivity index (χ3n) is 19.5. The van der Waals surface area contributed by atoms with Crippen molar-refractivity contribution in [1.29, 1.82) is 0 Å². The first kappa shape index (κ1) is 52.8. The minimum Gasteiger partial charge on any atom is -0.309 e. The van der Waals surface area contributed by atoms with Crippen LogP contribution in [-0.2, 0) is 0 Å². The molecular formula is C87H54N8. The summed E-state index contributed by atoms with van der Waals surface area (Å²) in [5.74, 6) is 1.74. The molecule has 0 saturated carbocycles. The second kappa shape index (κ2) is 20.8. The SMILES string of the molecule is c1ccc(-c2nc(-c3cccc(-n4c5ccccc5c5ccccc54)c3)nc(-c3ccc(-n4c5ccccc5c5ccccc54)c(-n4c5ccccc5c5ccc(-c6ccc7c(c6)c6ccccc6n7-c6ccc7c(c6)c6ccccc6n7-c6ccccc6)cc54)c3)n2)cc1. The van der Waals surface area contributed by atoms with Crippen LogP contribution in [0.5, 0.6) is 0 Å². The molecule has 8 heteroatoms. The Hall–Kier alpha value is -12.9. The van der Waals surface area contributed by atoms with Gasteiger partial charge < -0.3 is 22.8 Å². The molecule has 6 aromatic heterocycles. The van der Waals surface area contributed by atoms with E-state index in [4.69, 9.17) is 15.0 Å². The first-order valence-corrected chi connectivity index (χ1v) is 32.3. The fourth-order valence-corrected chi connectivity index (χ4v) is 15.3. The molecule has 0 amide bonds. The van der Waals surface area contributed by atoms with Crippen LogP contribution in [0.2, 0.25) is 0 Å². The van der Waals surface area contributed by atoms with Gasteiger partial charge >= 0.3 is 0 Å². The maximum Gasteiger partial charge on any atom is 0.164 e. The van der Waals surface area contributed by atoms with Crippen molar-refractivity contribution in [2.75, 3.05) is 0 Å². The summed E-state index contributed by atoms with van der Waals surface area (Å²) in [7, 11) is 0. The zero-order valence-electron chi connectivity index (χ0n) is 51.3. The minimum atomic E-state index is 0.568. The number of hydrogen-bond donors (Lipinski definition) is 0. The third kappa shape index (κ3) is 8.11. The Balaban J connectivity index is 0.785. The van der Waals surface area contributed by atoms with Gasteiger partial charge in [0, 0.05) is 87.6 Å². The summed E-state index contributed by atoms with van der Waals surface area (Å²) < 4.78 is 12.1. The summed E-state index contributed by atoms with van der Waals surface area (Å²) in [6.45, 7) is 0. The highest BCUT2D eigenvalue weighted by molar-refractivity contribution is 6.16. The van der Waals surface area contributed by atoms with E-state index in [-0.39, 0.29) is 0 Å². The van der Waals surface area contributed by atoms with Crippen LogP contribution >= 0.6 is 0 Å². The first-order valence-electron chi connectivity index (χ1n) is 32.3. The van der Waals surface area contributed by atoms with Crippen LogP contribution in [0.4, 0.5) is 0 Å². The number of aromatic nitrogens is 8. The van der Waals surface area contributed by atoms with Crippen LogP contribution in [0.25, 0.3) is 183 Å². The average Bonchev–Trinajstić information content (AvgIpc) is 1.58. The normalized spacial score (nSPS) is 12.0. The molecule has 14 aromatic carbocycles. The number of hydrogen-bond acceptors (Lipinski definition) is 3. The molecule has 95 heavy (non-hydrogen) atoms. The molecule has 0 atom stereocenters. The Morgan fingerprint density at radius 1 is 0.158 bits per heavy atom. The van der Waals surface area contributed by atoms with Crippen LogP contribution in [0.3, 0.4) is 0 Å². The van der Waals surface area contributed by atoms with Gasteiger partial charge in [-0.2, -0.15) is 0 Å². The van der Waals surface area contributed by atoms with Crippen molar-refractivity contribution in [2.45, 2.75) is 0 Å². The van der Waals surface area contributed by atoms with E-state index in [2.05, 4.69) is 332 Å². The molecule has 6 heterocycles. The molecule has 0 aliphatic carbocycles. The van der Waals surface area contributed by atoms with Gasteiger partial charge in [0.05, 0.1) is 66.5 Å². The minimum absolute atomic E-state index is 0.568. The largest absolute Gasteiger partial charge is 0.309 e. The second-order valence-electron chi connectivity index (χ2n) is 24.7. The van der Waals surface area contributed by atoms with E-state index in [0.717, 1.165) is 111 Å². The van der Waals surface area contributed by atoms with Crippen molar-refractivity contribution < 1.29 is 0 Å². The van der Waals surface area contributed by atoms with Gasteiger partial charge in [0.1, 0.15) is 0 Å². The smallest absolute Gasteiger partial charge is 0.164 e. The van der Waals surface area contributed by atoms with Gasteiger partial charge in [0.15, 0.2) is 17.5 Å². The molecule has 0 aliphatic rings. The fraction of sp³-hybridized carbons (Fsp3) is 0. The molecule has 20 aromatic rings. The highest BCUT2D eigenvalue weighted by Crippen LogP contribution is 2.44. The van der Waals surface area contributed by atoms with Crippen LogP contribution in [0, 0.1) is 0 Å². The zero-order chi connectivity index (χ0) is 62.2. The lowest BCUT2D eigenvalue weighted by Gasteiger charge is -2.18. The van der Waals surface area contributed by atoms with E-state index < -0.39 is 0 Å². The second-order valence-corrected chi connectivity index (χ2v) is 24.7. The van der Waals surface area contributed by atoms with Crippen LogP contribution in [-0.4, -0.2) is 37.8 Å². The van der Waals surface area contributed by atoms with Crippen LogP contribution in [0.1, 0.15) is 0 Å². The molecule has 0 fully saturated rings. The monoisotopic (exact) mass is 1210 g/mol.